The minimum absolute atomic E-state index is 0. The minimum Gasteiger partial charge on any atom is -0.335 e. The number of nitrogens with zero attached hydrogens (tertiary/aromatic N) is 2. The summed E-state index contributed by atoms with van der Waals surface area (Å²) in [6.07, 6.45) is 4.86. The van der Waals surface area contributed by atoms with Crippen molar-refractivity contribution in [2.45, 2.75) is 51.1 Å². The third-order valence-electron chi connectivity index (χ3n) is 4.18. The normalized spacial score (nSPS) is 24.0. The van der Waals surface area contributed by atoms with E-state index in [-0.39, 0.29) is 30.7 Å². The smallest absolute Gasteiger partial charge is 0.229 e. The Morgan fingerprint density at radius 3 is 2.86 bits per heavy atom. The fourth-order valence-corrected chi connectivity index (χ4v) is 3.97. The van der Waals surface area contributed by atoms with E-state index in [1.165, 1.54) is 6.42 Å². The van der Waals surface area contributed by atoms with Crippen LogP contribution in [-0.2, 0) is 17.6 Å². The summed E-state index contributed by atoms with van der Waals surface area (Å²) in [5.74, 6) is 0.268. The van der Waals surface area contributed by atoms with Crippen molar-refractivity contribution < 1.29 is 4.79 Å². The number of aromatic nitrogens is 1. The molecule has 0 saturated carbocycles. The molecule has 3 heterocycles. The maximum atomic E-state index is 12.5. The van der Waals surface area contributed by atoms with Crippen LogP contribution in [0, 0.1) is 0 Å². The van der Waals surface area contributed by atoms with Crippen molar-refractivity contribution in [3.05, 3.63) is 16.1 Å². The number of carbonyl (C=O) groups excluding carboxylic acids is 1. The van der Waals surface area contributed by atoms with Crippen LogP contribution in [-0.4, -0.2) is 41.0 Å². The van der Waals surface area contributed by atoms with Crippen LogP contribution >= 0.6 is 36.2 Å². The first-order valence-corrected chi connectivity index (χ1v) is 8.11. The molecule has 0 aromatic carbocycles. The Bertz CT molecular complexity index is 455. The summed E-state index contributed by atoms with van der Waals surface area (Å²) in [6, 6.07) is 0.862. The number of aryl methyl sites for hydroxylation is 1. The van der Waals surface area contributed by atoms with E-state index in [2.05, 4.69) is 22.1 Å². The fraction of sp³-hybridized carbons (Fsp3) is 0.714. The number of hydrogen-bond acceptors (Lipinski definition) is 4. The molecule has 1 aromatic heterocycles. The van der Waals surface area contributed by atoms with E-state index in [9.17, 15) is 4.79 Å². The lowest BCUT2D eigenvalue weighted by atomic mass is 10.1. The zero-order chi connectivity index (χ0) is 13.2. The van der Waals surface area contributed by atoms with Gasteiger partial charge in [0.25, 0.3) is 0 Å². The average molecular weight is 352 g/mol. The first-order valence-electron chi connectivity index (χ1n) is 7.23. The fourth-order valence-electron chi connectivity index (χ4n) is 3.23. The predicted octanol–water partition coefficient (Wildman–Crippen LogP) is 2.44. The molecule has 0 aliphatic carbocycles. The maximum Gasteiger partial charge on any atom is 0.229 e. The first kappa shape index (κ1) is 18.7. The van der Waals surface area contributed by atoms with Gasteiger partial charge in [-0.25, -0.2) is 4.98 Å². The van der Waals surface area contributed by atoms with Crippen molar-refractivity contribution in [3.63, 3.8) is 0 Å². The lowest BCUT2D eigenvalue weighted by molar-refractivity contribution is -0.133. The van der Waals surface area contributed by atoms with Gasteiger partial charge in [-0.3, -0.25) is 4.79 Å². The molecule has 3 rings (SSSR count). The molecule has 2 atom stereocenters. The van der Waals surface area contributed by atoms with Crippen molar-refractivity contribution in [1.29, 1.82) is 0 Å². The molecule has 7 heteroatoms. The van der Waals surface area contributed by atoms with E-state index < -0.39 is 0 Å². The van der Waals surface area contributed by atoms with Gasteiger partial charge < -0.3 is 10.2 Å². The summed E-state index contributed by atoms with van der Waals surface area (Å²) in [7, 11) is 0. The molecule has 2 unspecified atom stereocenters. The second kappa shape index (κ2) is 8.32. The highest BCUT2D eigenvalue weighted by molar-refractivity contribution is 7.09. The van der Waals surface area contributed by atoms with Crippen LogP contribution in [0.25, 0.3) is 0 Å². The van der Waals surface area contributed by atoms with E-state index in [4.69, 9.17) is 0 Å². The zero-order valence-electron chi connectivity index (χ0n) is 12.2. The van der Waals surface area contributed by atoms with Gasteiger partial charge in [-0.1, -0.05) is 6.92 Å². The van der Waals surface area contributed by atoms with Crippen LogP contribution in [0.4, 0.5) is 0 Å². The number of thiazole rings is 1. The highest BCUT2D eigenvalue weighted by Gasteiger charge is 2.37. The van der Waals surface area contributed by atoms with E-state index >= 15 is 0 Å². The number of carbonyl (C=O) groups is 1. The Morgan fingerprint density at radius 1 is 1.38 bits per heavy atom. The van der Waals surface area contributed by atoms with Crippen molar-refractivity contribution >= 4 is 42.1 Å². The van der Waals surface area contributed by atoms with Crippen LogP contribution in [0.15, 0.2) is 5.38 Å². The van der Waals surface area contributed by atoms with Gasteiger partial charge in [0, 0.05) is 24.0 Å². The summed E-state index contributed by atoms with van der Waals surface area (Å²) in [4.78, 5) is 19.2. The quantitative estimate of drug-likeness (QED) is 0.909. The Balaban J connectivity index is 0.00000110. The van der Waals surface area contributed by atoms with Gasteiger partial charge in [-0.15, -0.1) is 36.2 Å². The van der Waals surface area contributed by atoms with Gasteiger partial charge in [0.1, 0.15) is 0 Å². The van der Waals surface area contributed by atoms with E-state index in [1.54, 1.807) is 11.3 Å². The summed E-state index contributed by atoms with van der Waals surface area (Å²) in [5.41, 5.74) is 0.948. The number of halogens is 2. The van der Waals surface area contributed by atoms with Gasteiger partial charge in [0.2, 0.25) is 5.91 Å². The van der Waals surface area contributed by atoms with Crippen LogP contribution < -0.4 is 5.32 Å². The molecule has 1 N–H and O–H groups in total. The lowest BCUT2D eigenvalue weighted by Crippen LogP contribution is -2.43. The van der Waals surface area contributed by atoms with Crippen molar-refractivity contribution in [2.75, 3.05) is 13.1 Å². The molecule has 0 radical (unpaired) electrons. The van der Waals surface area contributed by atoms with Gasteiger partial charge in [-0.2, -0.15) is 0 Å². The predicted molar refractivity (Wildman–Crippen MR) is 90.8 cm³/mol. The summed E-state index contributed by atoms with van der Waals surface area (Å²) in [5, 5.41) is 6.60. The van der Waals surface area contributed by atoms with Crippen LogP contribution in [0.3, 0.4) is 0 Å². The van der Waals surface area contributed by atoms with Crippen LogP contribution in [0.5, 0.6) is 0 Å². The largest absolute Gasteiger partial charge is 0.335 e. The third kappa shape index (κ3) is 4.09. The first-order chi connectivity index (χ1) is 9.28. The van der Waals surface area contributed by atoms with Gasteiger partial charge in [0.05, 0.1) is 17.1 Å². The third-order valence-corrected chi connectivity index (χ3v) is 5.22. The molecule has 2 aliphatic heterocycles. The number of hydrogen-bond donors (Lipinski definition) is 1. The highest BCUT2D eigenvalue weighted by Crippen LogP contribution is 2.28. The summed E-state index contributed by atoms with van der Waals surface area (Å²) >= 11 is 1.67. The Morgan fingerprint density at radius 2 is 2.14 bits per heavy atom. The Hall–Kier alpha value is -0.360. The van der Waals surface area contributed by atoms with Crippen LogP contribution in [0.2, 0.25) is 0 Å². The average Bonchev–Trinajstić information content (AvgIpc) is 2.92. The second-order valence-corrected chi connectivity index (χ2v) is 6.38. The molecule has 1 amide bonds. The van der Waals surface area contributed by atoms with Gasteiger partial charge in [0.15, 0.2) is 0 Å². The van der Waals surface area contributed by atoms with E-state index in [1.807, 2.05) is 5.38 Å². The minimum atomic E-state index is 0. The van der Waals surface area contributed by atoms with Gasteiger partial charge in [-0.05, 0) is 32.2 Å². The highest BCUT2D eigenvalue weighted by atomic mass is 35.5. The van der Waals surface area contributed by atoms with E-state index in [0.717, 1.165) is 43.1 Å². The molecule has 21 heavy (non-hydrogen) atoms. The number of nitrogens with one attached hydrogen (secondary N) is 1. The molecule has 2 saturated heterocycles. The van der Waals surface area contributed by atoms with Gasteiger partial charge >= 0.3 is 0 Å². The second-order valence-electron chi connectivity index (χ2n) is 5.44. The Kier molecular flexibility index (Phi) is 7.40. The van der Waals surface area contributed by atoms with E-state index in [0.29, 0.717) is 18.5 Å². The zero-order valence-corrected chi connectivity index (χ0v) is 14.7. The molecule has 2 fully saturated rings. The molecular weight excluding hydrogens is 329 g/mol. The standard InChI is InChI=1S/C14H21N3OS.2ClH/c1-2-13-16-10(9-19-13)7-14(18)17-11-3-4-12(17)8-15-6-5-11;;/h9,11-12,15H,2-8H2,1H3;2*1H. The summed E-state index contributed by atoms with van der Waals surface area (Å²) < 4.78 is 0. The number of rotatable bonds is 3. The maximum absolute atomic E-state index is 12.5. The topological polar surface area (TPSA) is 45.2 Å². The molecule has 4 nitrogen and oxygen atoms in total. The lowest BCUT2D eigenvalue weighted by Gasteiger charge is -2.27. The molecule has 2 bridgehead atoms. The van der Waals surface area contributed by atoms with Crippen molar-refractivity contribution in [1.82, 2.24) is 15.2 Å². The molecule has 0 spiro atoms. The van der Waals surface area contributed by atoms with Crippen molar-refractivity contribution in [3.8, 4) is 0 Å². The van der Waals surface area contributed by atoms with Crippen LogP contribution in [0.1, 0.15) is 36.9 Å². The number of fused-ring (bicyclic) bond motifs is 2. The Labute approximate surface area is 142 Å². The number of amides is 1. The molecule has 2 aliphatic rings. The molecule has 120 valence electrons. The monoisotopic (exact) mass is 351 g/mol. The van der Waals surface area contributed by atoms with Crippen molar-refractivity contribution in [2.24, 2.45) is 0 Å². The SMILES string of the molecule is CCc1nc(CC(=O)N2C3CCNCC2CC3)cs1.Cl.Cl. The molecule has 1 aromatic rings. The molecular formula is C14H23Cl2N3OS. The summed E-state index contributed by atoms with van der Waals surface area (Å²) in [6.45, 7) is 4.10.